The molecule has 14 heteroatoms. The number of nitrogens with zero attached hydrogens (tertiary/aromatic N) is 5. The smallest absolute Gasteiger partial charge is 0.457 e. The summed E-state index contributed by atoms with van der Waals surface area (Å²) in [5, 5.41) is 39.5. The standard InChI is InChI=1S/C20H18N6O8/c1-11-4-5-12(2)17(6-11)34-16-8-14(7-15(9-16)24(28)29)21-18(27)10-23-13(3)19(25(30)31)20(22-23)26(32)33/h4-9H,10H2,1-3H3,(H,21,27). The van der Waals surface area contributed by atoms with Gasteiger partial charge in [-0.05, 0) is 42.9 Å². The summed E-state index contributed by atoms with van der Waals surface area (Å²) < 4.78 is 6.60. The Kier molecular flexibility index (Phi) is 6.51. The molecule has 2 aromatic carbocycles. The number of carbonyl (C=O) groups excluding carboxylic acids is 1. The molecule has 0 aliphatic rings. The first-order chi connectivity index (χ1) is 16.0. The third kappa shape index (κ3) is 5.12. The zero-order valence-corrected chi connectivity index (χ0v) is 18.2. The molecular weight excluding hydrogens is 452 g/mol. The number of aryl methyl sites for hydroxylation is 2. The van der Waals surface area contributed by atoms with Gasteiger partial charge in [0.25, 0.3) is 5.69 Å². The first kappa shape index (κ1) is 23.8. The van der Waals surface area contributed by atoms with Gasteiger partial charge in [-0.3, -0.25) is 25.0 Å². The Morgan fingerprint density at radius 1 is 1.00 bits per heavy atom. The predicted octanol–water partition coefficient (Wildman–Crippen LogP) is 3.96. The summed E-state index contributed by atoms with van der Waals surface area (Å²) in [6.07, 6.45) is 0. The second kappa shape index (κ2) is 9.32. The van der Waals surface area contributed by atoms with E-state index in [0.29, 0.717) is 5.75 Å². The van der Waals surface area contributed by atoms with Crippen LogP contribution in [0.15, 0.2) is 36.4 Å². The molecule has 0 radical (unpaired) electrons. The number of nitrogens with one attached hydrogen (secondary N) is 1. The highest BCUT2D eigenvalue weighted by Gasteiger charge is 2.35. The molecule has 1 N–H and O–H groups in total. The number of ether oxygens (including phenoxy) is 1. The number of aromatic nitrogens is 2. The van der Waals surface area contributed by atoms with E-state index < -0.39 is 38.7 Å². The van der Waals surface area contributed by atoms with Crippen LogP contribution in [0.2, 0.25) is 0 Å². The van der Waals surface area contributed by atoms with E-state index in [0.717, 1.165) is 21.9 Å². The van der Waals surface area contributed by atoms with Crippen molar-refractivity contribution in [3.8, 4) is 11.5 Å². The maximum absolute atomic E-state index is 12.5. The Bertz CT molecular complexity index is 1330. The minimum Gasteiger partial charge on any atom is -0.457 e. The van der Waals surface area contributed by atoms with Crippen LogP contribution in [0, 0.1) is 51.1 Å². The van der Waals surface area contributed by atoms with Gasteiger partial charge in [0.1, 0.15) is 23.7 Å². The normalized spacial score (nSPS) is 10.6. The molecule has 1 heterocycles. The summed E-state index contributed by atoms with van der Waals surface area (Å²) in [7, 11) is 0. The van der Waals surface area contributed by atoms with E-state index in [1.54, 1.807) is 13.0 Å². The van der Waals surface area contributed by atoms with E-state index in [9.17, 15) is 35.1 Å². The molecule has 1 aromatic heterocycles. The Morgan fingerprint density at radius 3 is 2.29 bits per heavy atom. The summed E-state index contributed by atoms with van der Waals surface area (Å²) in [6, 6.07) is 9.14. The maximum Gasteiger partial charge on any atom is 0.468 e. The van der Waals surface area contributed by atoms with Crippen molar-refractivity contribution in [1.29, 1.82) is 0 Å². The Labute approximate surface area is 191 Å². The molecule has 0 bridgehead atoms. The van der Waals surface area contributed by atoms with E-state index in [-0.39, 0.29) is 22.8 Å². The van der Waals surface area contributed by atoms with Crippen LogP contribution in [0.5, 0.6) is 11.5 Å². The average Bonchev–Trinajstić information content (AvgIpc) is 3.07. The number of nitro benzene ring substituents is 1. The fraction of sp³-hybridized carbons (Fsp3) is 0.200. The van der Waals surface area contributed by atoms with Crippen molar-refractivity contribution in [3.05, 3.63) is 83.6 Å². The maximum atomic E-state index is 12.5. The van der Waals surface area contributed by atoms with Crippen LogP contribution in [0.1, 0.15) is 16.8 Å². The summed E-state index contributed by atoms with van der Waals surface area (Å²) >= 11 is 0. The molecule has 0 saturated carbocycles. The van der Waals surface area contributed by atoms with Crippen LogP contribution >= 0.6 is 0 Å². The molecular formula is C20H18N6O8. The summed E-state index contributed by atoms with van der Waals surface area (Å²) in [5.74, 6) is -1.19. The third-order valence-electron chi connectivity index (χ3n) is 4.76. The lowest BCUT2D eigenvalue weighted by molar-refractivity contribution is -0.424. The number of anilines is 1. The van der Waals surface area contributed by atoms with E-state index >= 15 is 0 Å². The molecule has 0 atom stereocenters. The number of rotatable bonds is 8. The number of nitro groups is 3. The fourth-order valence-corrected chi connectivity index (χ4v) is 3.11. The lowest BCUT2D eigenvalue weighted by Gasteiger charge is -2.11. The van der Waals surface area contributed by atoms with Gasteiger partial charge >= 0.3 is 11.5 Å². The van der Waals surface area contributed by atoms with Gasteiger partial charge in [-0.25, -0.2) is 0 Å². The highest BCUT2D eigenvalue weighted by molar-refractivity contribution is 5.91. The van der Waals surface area contributed by atoms with Gasteiger partial charge in [0, 0.05) is 12.1 Å². The lowest BCUT2D eigenvalue weighted by Crippen LogP contribution is -2.20. The number of non-ortho nitro benzene ring substituents is 1. The van der Waals surface area contributed by atoms with Gasteiger partial charge in [-0.2, -0.15) is 4.68 Å². The quantitative estimate of drug-likeness (QED) is 0.375. The van der Waals surface area contributed by atoms with Crippen LogP contribution in [-0.4, -0.2) is 30.5 Å². The Morgan fingerprint density at radius 2 is 1.71 bits per heavy atom. The van der Waals surface area contributed by atoms with Gasteiger partial charge in [0.15, 0.2) is 0 Å². The minimum atomic E-state index is -1.02. The van der Waals surface area contributed by atoms with Gasteiger partial charge in [0.05, 0.1) is 26.7 Å². The molecule has 0 fully saturated rings. The molecule has 0 unspecified atom stereocenters. The molecule has 14 nitrogen and oxygen atoms in total. The summed E-state index contributed by atoms with van der Waals surface area (Å²) in [5.41, 5.74) is 0.368. The molecule has 0 aliphatic heterocycles. The molecule has 1 amide bonds. The van der Waals surface area contributed by atoms with Crippen molar-refractivity contribution in [3.63, 3.8) is 0 Å². The largest absolute Gasteiger partial charge is 0.468 e. The second-order valence-electron chi connectivity index (χ2n) is 7.32. The van der Waals surface area contributed by atoms with Gasteiger partial charge in [-0.15, -0.1) is 0 Å². The topological polar surface area (TPSA) is 186 Å². The van der Waals surface area contributed by atoms with Crippen molar-refractivity contribution >= 4 is 28.8 Å². The number of hydrogen-bond acceptors (Lipinski definition) is 9. The van der Waals surface area contributed by atoms with Gasteiger partial charge in [0.2, 0.25) is 5.91 Å². The number of amides is 1. The van der Waals surface area contributed by atoms with Gasteiger partial charge in [-0.1, -0.05) is 12.1 Å². The average molecular weight is 470 g/mol. The molecule has 3 rings (SSSR count). The number of benzene rings is 2. The van der Waals surface area contributed by atoms with E-state index in [1.807, 2.05) is 19.1 Å². The summed E-state index contributed by atoms with van der Waals surface area (Å²) in [4.78, 5) is 43.4. The van der Waals surface area contributed by atoms with Crippen LogP contribution in [0.25, 0.3) is 0 Å². The monoisotopic (exact) mass is 470 g/mol. The van der Waals surface area contributed by atoms with Crippen LogP contribution in [-0.2, 0) is 11.3 Å². The SMILES string of the molecule is Cc1ccc(C)c(Oc2cc(NC(=O)Cn3nc([N+](=O)[O-])c([N+](=O)[O-])c3C)cc([N+](=O)[O-])c2)c1. The van der Waals surface area contributed by atoms with Gasteiger partial charge < -0.3 is 20.2 Å². The Balaban J connectivity index is 1.88. The van der Waals surface area contributed by atoms with Crippen molar-refractivity contribution in [2.24, 2.45) is 0 Å². The van der Waals surface area contributed by atoms with Crippen molar-refractivity contribution in [1.82, 2.24) is 9.78 Å². The highest BCUT2D eigenvalue weighted by Crippen LogP contribution is 2.32. The lowest BCUT2D eigenvalue weighted by atomic mass is 10.1. The molecule has 34 heavy (non-hydrogen) atoms. The molecule has 0 spiro atoms. The van der Waals surface area contributed by atoms with Crippen LogP contribution < -0.4 is 10.1 Å². The minimum absolute atomic E-state index is 0.0216. The van der Waals surface area contributed by atoms with Crippen LogP contribution in [0.3, 0.4) is 0 Å². The number of hydrogen-bond donors (Lipinski definition) is 1. The van der Waals surface area contributed by atoms with Crippen molar-refractivity contribution in [2.75, 3.05) is 5.32 Å². The first-order valence-corrected chi connectivity index (χ1v) is 9.67. The third-order valence-corrected chi connectivity index (χ3v) is 4.76. The number of carbonyl (C=O) groups is 1. The molecule has 0 aliphatic carbocycles. The second-order valence-corrected chi connectivity index (χ2v) is 7.32. The zero-order valence-electron chi connectivity index (χ0n) is 18.2. The van der Waals surface area contributed by atoms with E-state index in [4.69, 9.17) is 4.74 Å². The zero-order chi connectivity index (χ0) is 25.2. The molecule has 3 aromatic rings. The predicted molar refractivity (Wildman–Crippen MR) is 118 cm³/mol. The molecule has 176 valence electrons. The Hall–Kier alpha value is -4.88. The summed E-state index contributed by atoms with van der Waals surface area (Å²) in [6.45, 7) is 4.28. The van der Waals surface area contributed by atoms with E-state index in [1.165, 1.54) is 19.1 Å². The van der Waals surface area contributed by atoms with Crippen molar-refractivity contribution < 1.29 is 24.3 Å². The fourth-order valence-electron chi connectivity index (χ4n) is 3.11. The highest BCUT2D eigenvalue weighted by atomic mass is 16.6. The first-order valence-electron chi connectivity index (χ1n) is 9.67. The van der Waals surface area contributed by atoms with Crippen molar-refractivity contribution in [2.45, 2.75) is 27.3 Å². The molecule has 0 saturated heterocycles. The van der Waals surface area contributed by atoms with Crippen LogP contribution in [0.4, 0.5) is 22.9 Å². The van der Waals surface area contributed by atoms with E-state index in [2.05, 4.69) is 10.4 Å².